The number of hydrogen-bond acceptors (Lipinski definition) is 2. The van der Waals surface area contributed by atoms with E-state index in [1.165, 1.54) is 0 Å². The minimum atomic E-state index is 0. The molecule has 6 heteroatoms. The van der Waals surface area contributed by atoms with Gasteiger partial charge in [0.25, 0.3) is 0 Å². The molecule has 1 N–H and O–H groups in total. The predicted molar refractivity (Wildman–Crippen MR) is 56.1 cm³/mol. The van der Waals surface area contributed by atoms with Crippen LogP contribution in [-0.4, -0.2) is 16.1 Å². The van der Waals surface area contributed by atoms with Crippen molar-refractivity contribution in [3.05, 3.63) is 16.6 Å². The Hall–Kier alpha value is 0.230. The molecule has 3 nitrogen and oxygen atoms in total. The normalized spacial score (nSPS) is 14.1. The molecule has 2 rings (SSSR count). The molecule has 0 saturated heterocycles. The fraction of sp³-hybridized carbons (Fsp3) is 0.500. The van der Waals surface area contributed by atoms with Crippen LogP contribution >= 0.6 is 40.7 Å². The van der Waals surface area contributed by atoms with E-state index in [1.807, 2.05) is 6.20 Å². The third-order valence-corrected chi connectivity index (χ3v) is 2.02. The Balaban J connectivity index is 0.000000605. The van der Waals surface area contributed by atoms with Gasteiger partial charge < -0.3 is 9.88 Å². The predicted octanol–water partition coefficient (Wildman–Crippen LogP) is 1.59. The third-order valence-electron chi connectivity index (χ3n) is 1.64. The average molecular weight is 275 g/mol. The van der Waals surface area contributed by atoms with E-state index >= 15 is 0 Å². The monoisotopic (exact) mass is 273 g/mol. The van der Waals surface area contributed by atoms with Crippen molar-refractivity contribution in [3.63, 3.8) is 0 Å². The quantitative estimate of drug-likeness (QED) is 0.779. The summed E-state index contributed by atoms with van der Waals surface area (Å²) in [6, 6.07) is 0. The molecule has 0 unspecified atom stereocenters. The number of halogens is 3. The first-order valence-electron chi connectivity index (χ1n) is 3.28. The van der Waals surface area contributed by atoms with Crippen LogP contribution < -0.4 is 5.32 Å². The maximum atomic E-state index is 4.27. The van der Waals surface area contributed by atoms with Crippen molar-refractivity contribution in [2.45, 2.75) is 13.1 Å². The molecule has 0 fully saturated rings. The van der Waals surface area contributed by atoms with Crippen molar-refractivity contribution in [1.29, 1.82) is 0 Å². The second-order valence-corrected chi connectivity index (χ2v) is 3.16. The molecular formula is C6H10BrCl2N3. The van der Waals surface area contributed by atoms with Crippen molar-refractivity contribution in [3.8, 4) is 0 Å². The van der Waals surface area contributed by atoms with E-state index in [0.717, 1.165) is 30.1 Å². The maximum Gasteiger partial charge on any atom is 0.124 e. The lowest BCUT2D eigenvalue weighted by atomic mass is 10.4. The Morgan fingerprint density at radius 1 is 1.50 bits per heavy atom. The van der Waals surface area contributed by atoms with Gasteiger partial charge in [-0.2, -0.15) is 0 Å². The van der Waals surface area contributed by atoms with Gasteiger partial charge in [-0.15, -0.1) is 24.8 Å². The highest BCUT2D eigenvalue weighted by Crippen LogP contribution is 2.11. The van der Waals surface area contributed by atoms with Crippen molar-refractivity contribution < 1.29 is 0 Å². The molecule has 0 amide bonds. The Bertz CT molecular complexity index is 227. The average Bonchev–Trinajstić information content (AvgIpc) is 2.27. The highest BCUT2D eigenvalue weighted by molar-refractivity contribution is 9.10. The van der Waals surface area contributed by atoms with Gasteiger partial charge in [-0.1, -0.05) is 0 Å². The second kappa shape index (κ2) is 5.07. The van der Waals surface area contributed by atoms with Crippen molar-refractivity contribution in [2.75, 3.05) is 6.54 Å². The summed E-state index contributed by atoms with van der Waals surface area (Å²) in [4.78, 5) is 4.27. The van der Waals surface area contributed by atoms with E-state index in [0.29, 0.717) is 0 Å². The van der Waals surface area contributed by atoms with Crippen molar-refractivity contribution >= 4 is 40.7 Å². The first-order valence-corrected chi connectivity index (χ1v) is 4.08. The van der Waals surface area contributed by atoms with Crippen LogP contribution in [0.3, 0.4) is 0 Å². The fourth-order valence-electron chi connectivity index (χ4n) is 1.15. The summed E-state index contributed by atoms with van der Waals surface area (Å²) in [5.74, 6) is 1.12. The number of nitrogens with zero attached hydrogens (tertiary/aromatic N) is 2. The molecule has 12 heavy (non-hydrogen) atoms. The van der Waals surface area contributed by atoms with Crippen LogP contribution in [0.2, 0.25) is 0 Å². The van der Waals surface area contributed by atoms with E-state index in [2.05, 4.69) is 30.8 Å². The van der Waals surface area contributed by atoms with Gasteiger partial charge in [0.1, 0.15) is 10.4 Å². The van der Waals surface area contributed by atoms with Crippen LogP contribution in [0, 0.1) is 0 Å². The molecule has 0 radical (unpaired) electrons. The lowest BCUT2D eigenvalue weighted by Crippen LogP contribution is -2.27. The second-order valence-electron chi connectivity index (χ2n) is 2.35. The molecule has 1 aliphatic heterocycles. The van der Waals surface area contributed by atoms with Gasteiger partial charge in [-0.05, 0) is 15.9 Å². The number of hydrogen-bond donors (Lipinski definition) is 1. The van der Waals surface area contributed by atoms with Gasteiger partial charge >= 0.3 is 0 Å². The minimum absolute atomic E-state index is 0. The molecule has 0 saturated carbocycles. The Labute approximate surface area is 91.9 Å². The van der Waals surface area contributed by atoms with Gasteiger partial charge in [0.15, 0.2) is 0 Å². The fourth-order valence-corrected chi connectivity index (χ4v) is 1.61. The number of rotatable bonds is 0. The zero-order valence-corrected chi connectivity index (χ0v) is 9.51. The zero-order valence-electron chi connectivity index (χ0n) is 6.29. The van der Waals surface area contributed by atoms with Gasteiger partial charge in [0.05, 0.1) is 6.54 Å². The molecule has 2 heterocycles. The minimum Gasteiger partial charge on any atom is -0.331 e. The number of imidazole rings is 1. The molecule has 1 aliphatic rings. The van der Waals surface area contributed by atoms with Crippen molar-refractivity contribution in [1.82, 2.24) is 14.9 Å². The molecule has 0 bridgehead atoms. The van der Waals surface area contributed by atoms with Crippen LogP contribution in [0.15, 0.2) is 10.8 Å². The van der Waals surface area contributed by atoms with Gasteiger partial charge in [-0.3, -0.25) is 0 Å². The Kier molecular flexibility index (Phi) is 5.16. The third kappa shape index (κ3) is 2.36. The number of nitrogens with one attached hydrogen (secondary N) is 1. The van der Waals surface area contributed by atoms with Gasteiger partial charge in [0.2, 0.25) is 0 Å². The van der Waals surface area contributed by atoms with E-state index in [1.54, 1.807) is 0 Å². The molecule has 0 aliphatic carbocycles. The number of aromatic nitrogens is 2. The highest BCUT2D eigenvalue weighted by Gasteiger charge is 2.09. The van der Waals surface area contributed by atoms with Crippen molar-refractivity contribution in [2.24, 2.45) is 0 Å². The lowest BCUT2D eigenvalue weighted by Gasteiger charge is -2.13. The maximum absolute atomic E-state index is 4.27. The molecule has 1 aromatic rings. The van der Waals surface area contributed by atoms with E-state index in [-0.39, 0.29) is 24.8 Å². The summed E-state index contributed by atoms with van der Waals surface area (Å²) in [5.41, 5.74) is 0. The Morgan fingerprint density at radius 2 is 2.25 bits per heavy atom. The smallest absolute Gasteiger partial charge is 0.124 e. The molecule has 1 aromatic heterocycles. The van der Waals surface area contributed by atoms with E-state index in [9.17, 15) is 0 Å². The zero-order chi connectivity index (χ0) is 6.97. The number of fused-ring (bicyclic) bond motifs is 1. The molecule has 0 spiro atoms. The van der Waals surface area contributed by atoms with Crippen LogP contribution in [0.5, 0.6) is 0 Å². The van der Waals surface area contributed by atoms with Crippen LogP contribution in [0.1, 0.15) is 5.82 Å². The summed E-state index contributed by atoms with van der Waals surface area (Å²) < 4.78 is 3.10. The molecule has 0 atom stereocenters. The Morgan fingerprint density at radius 3 is 2.92 bits per heavy atom. The van der Waals surface area contributed by atoms with E-state index in [4.69, 9.17) is 0 Å². The molecule has 0 aromatic carbocycles. The summed E-state index contributed by atoms with van der Waals surface area (Å²) in [7, 11) is 0. The summed E-state index contributed by atoms with van der Waals surface area (Å²) in [6.45, 7) is 2.98. The highest BCUT2D eigenvalue weighted by atomic mass is 79.9. The largest absolute Gasteiger partial charge is 0.331 e. The molecule has 70 valence electrons. The van der Waals surface area contributed by atoms with Gasteiger partial charge in [-0.25, -0.2) is 4.98 Å². The van der Waals surface area contributed by atoms with Crippen LogP contribution in [-0.2, 0) is 13.1 Å². The van der Waals surface area contributed by atoms with Gasteiger partial charge in [0, 0.05) is 19.3 Å². The first kappa shape index (κ1) is 12.2. The molecular weight excluding hydrogens is 265 g/mol. The summed E-state index contributed by atoms with van der Waals surface area (Å²) in [5, 5.41) is 3.25. The summed E-state index contributed by atoms with van der Waals surface area (Å²) >= 11 is 3.33. The topological polar surface area (TPSA) is 29.9 Å². The summed E-state index contributed by atoms with van der Waals surface area (Å²) in [6.07, 6.45) is 2.02. The lowest BCUT2D eigenvalue weighted by molar-refractivity contribution is 0.505. The van der Waals surface area contributed by atoms with Crippen LogP contribution in [0.25, 0.3) is 0 Å². The van der Waals surface area contributed by atoms with E-state index < -0.39 is 0 Å². The standard InChI is InChI=1S/C6H8BrN3.2ClH/c7-5-4-10-2-1-8-3-6(10)9-5;;/h4,8H,1-3H2;2*1H. The SMILES string of the molecule is Brc1cn2c(n1)CNCC2.Cl.Cl. The van der Waals surface area contributed by atoms with Crippen LogP contribution in [0.4, 0.5) is 0 Å². The first-order chi connectivity index (χ1) is 4.86.